The highest BCUT2D eigenvalue weighted by atomic mass is 32.2. The van der Waals surface area contributed by atoms with Gasteiger partial charge in [-0.15, -0.1) is 0 Å². The second-order valence-electron chi connectivity index (χ2n) is 10.8. The maximum Gasteiger partial charge on any atom is 0.263 e. The molecule has 234 valence electrons. The summed E-state index contributed by atoms with van der Waals surface area (Å²) in [7, 11) is -2.41. The lowest BCUT2D eigenvalue weighted by atomic mass is 10.1. The molecular formula is C40H35N2O3PS. The van der Waals surface area contributed by atoms with Crippen molar-refractivity contribution in [3.8, 4) is 5.75 Å². The van der Waals surface area contributed by atoms with Crippen LogP contribution in [-0.4, -0.2) is 26.7 Å². The lowest BCUT2D eigenvalue weighted by Crippen LogP contribution is -2.42. The van der Waals surface area contributed by atoms with Crippen molar-refractivity contribution in [3.63, 3.8) is 0 Å². The molecule has 0 amide bonds. The smallest absolute Gasteiger partial charge is 0.263 e. The van der Waals surface area contributed by atoms with Crippen molar-refractivity contribution in [3.05, 3.63) is 187 Å². The molecule has 0 spiro atoms. The van der Waals surface area contributed by atoms with Gasteiger partial charge in [0, 0.05) is 5.29 Å². The molecule has 0 aromatic heterocycles. The number of hydrogen-bond acceptors (Lipinski definition) is 4. The van der Waals surface area contributed by atoms with Crippen LogP contribution in [0.15, 0.2) is 186 Å². The Hall–Kier alpha value is -5.16. The summed E-state index contributed by atoms with van der Waals surface area (Å²) >= 11 is 0. The van der Waals surface area contributed by atoms with Crippen LogP contribution in [0.25, 0.3) is 0 Å². The Kier molecular flexibility index (Phi) is 9.82. The summed E-state index contributed by atoms with van der Waals surface area (Å²) in [6, 6.07) is 57.2. The molecule has 0 fully saturated rings. The zero-order valence-electron chi connectivity index (χ0n) is 26.0. The van der Waals surface area contributed by atoms with Crippen LogP contribution in [0.4, 0.5) is 0 Å². The van der Waals surface area contributed by atoms with E-state index in [0.29, 0.717) is 5.75 Å². The zero-order chi connectivity index (χ0) is 32.5. The second-order valence-corrected chi connectivity index (χ2v) is 15.8. The fourth-order valence-electron chi connectivity index (χ4n) is 5.72. The first kappa shape index (κ1) is 31.8. The van der Waals surface area contributed by atoms with Gasteiger partial charge in [0.1, 0.15) is 11.6 Å². The number of benzene rings is 6. The van der Waals surface area contributed by atoms with E-state index in [1.807, 2.05) is 109 Å². The highest BCUT2D eigenvalue weighted by Crippen LogP contribution is 2.48. The minimum Gasteiger partial charge on any atom is -0.497 e. The molecule has 0 heterocycles. The van der Waals surface area contributed by atoms with E-state index < -0.39 is 16.9 Å². The lowest BCUT2D eigenvalue weighted by molar-refractivity contribution is 0.415. The molecule has 0 saturated carbocycles. The molecule has 1 N–H and O–H groups in total. The number of rotatable bonds is 10. The average molecular weight is 655 g/mol. The Balaban J connectivity index is 1.80. The van der Waals surface area contributed by atoms with Crippen molar-refractivity contribution >= 4 is 44.0 Å². The topological polar surface area (TPSA) is 67.8 Å². The van der Waals surface area contributed by atoms with Crippen molar-refractivity contribution in [1.82, 2.24) is 4.72 Å². The monoisotopic (exact) mass is 654 g/mol. The quantitative estimate of drug-likeness (QED) is 0.101. The molecule has 6 rings (SSSR count). The van der Waals surface area contributed by atoms with Gasteiger partial charge in [-0.25, -0.2) is 8.42 Å². The van der Waals surface area contributed by atoms with Crippen molar-refractivity contribution in [2.75, 3.05) is 7.11 Å². The fourth-order valence-corrected chi connectivity index (χ4v) is 11.4. The van der Waals surface area contributed by atoms with Crippen molar-refractivity contribution < 1.29 is 13.2 Å². The third-order valence-electron chi connectivity index (χ3n) is 7.90. The molecule has 5 nitrogen and oxygen atoms in total. The maximum atomic E-state index is 14.2. The minimum atomic E-state index is -4.05. The van der Waals surface area contributed by atoms with Gasteiger partial charge in [0.2, 0.25) is 0 Å². The molecule has 0 saturated heterocycles. The standard InChI is InChI=1S/C40H35N2O3PS/c1-45-34-29-27-33(28-30-34)39(40(41-31-32-17-7-2-8-18-32)42-47(43,44)38-25-15-6-16-26-38)46(35-19-9-3-10-20-35,36-21-11-4-12-22-36)37-23-13-5-14-24-37/h2-30H,31H2,1H3,(H,41,42). The first-order valence-corrected chi connectivity index (χ1v) is 18.5. The number of aliphatic imine (C=N–C) groups is 1. The molecule has 0 bridgehead atoms. The molecule has 0 aliphatic carbocycles. The van der Waals surface area contributed by atoms with Gasteiger partial charge in [0.15, 0.2) is 0 Å². The van der Waals surface area contributed by atoms with E-state index in [9.17, 15) is 8.42 Å². The van der Waals surface area contributed by atoms with Gasteiger partial charge >= 0.3 is 0 Å². The highest BCUT2D eigenvalue weighted by Gasteiger charge is 2.34. The van der Waals surface area contributed by atoms with Crippen molar-refractivity contribution in [1.29, 1.82) is 0 Å². The zero-order valence-corrected chi connectivity index (χ0v) is 27.7. The summed E-state index contributed by atoms with van der Waals surface area (Å²) in [5.41, 5.74) is 1.79. The van der Waals surface area contributed by atoms with Gasteiger partial charge in [-0.05, 0) is 58.2 Å². The summed E-state index contributed by atoms with van der Waals surface area (Å²) in [4.78, 5) is 5.31. The van der Waals surface area contributed by atoms with Crippen LogP contribution in [0.5, 0.6) is 5.75 Å². The number of amidine groups is 1. The van der Waals surface area contributed by atoms with Crippen LogP contribution >= 0.6 is 6.89 Å². The third kappa shape index (κ3) is 6.85. The summed E-state index contributed by atoms with van der Waals surface area (Å²) in [5, 5.41) is 3.98. The van der Waals surface area contributed by atoms with Crippen LogP contribution in [0.1, 0.15) is 11.1 Å². The Bertz CT molecular complexity index is 2000. The SMILES string of the molecule is COc1ccc(C(C(=NCc2ccccc2)NS(=O)(=O)c2ccccc2)=P(c2ccccc2)(c2ccccc2)c2ccccc2)cc1. The van der Waals surface area contributed by atoms with E-state index in [2.05, 4.69) is 41.1 Å². The van der Waals surface area contributed by atoms with E-state index in [0.717, 1.165) is 32.3 Å². The molecule has 0 radical (unpaired) electrons. The summed E-state index contributed by atoms with van der Waals surface area (Å²) in [6.45, 7) is -2.58. The number of nitrogens with one attached hydrogen (secondary N) is 1. The first-order chi connectivity index (χ1) is 23.0. The van der Waals surface area contributed by atoms with Crippen LogP contribution in [-0.2, 0) is 16.6 Å². The van der Waals surface area contributed by atoms with Gasteiger partial charge in [0.05, 0.1) is 18.6 Å². The van der Waals surface area contributed by atoms with Gasteiger partial charge in [-0.2, -0.15) is 0 Å². The van der Waals surface area contributed by atoms with E-state index >= 15 is 0 Å². The second kappa shape index (κ2) is 14.5. The Morgan fingerprint density at radius 1 is 0.596 bits per heavy atom. The van der Waals surface area contributed by atoms with Gasteiger partial charge in [-0.3, -0.25) is 9.71 Å². The first-order valence-electron chi connectivity index (χ1n) is 15.3. The number of nitrogens with zero attached hydrogens (tertiary/aromatic N) is 1. The van der Waals surface area contributed by atoms with Gasteiger partial charge in [-0.1, -0.05) is 152 Å². The maximum absolute atomic E-state index is 14.2. The summed E-state index contributed by atoms with van der Waals surface area (Å²) in [6.07, 6.45) is 0. The lowest BCUT2D eigenvalue weighted by Gasteiger charge is -2.34. The molecule has 6 aromatic rings. The number of ether oxygens (including phenoxy) is 1. The number of hydrogen-bond donors (Lipinski definition) is 1. The predicted molar refractivity (Wildman–Crippen MR) is 197 cm³/mol. The number of sulfonamides is 1. The molecule has 6 aromatic carbocycles. The average Bonchev–Trinajstić information content (AvgIpc) is 3.14. The van der Waals surface area contributed by atoms with E-state index in [4.69, 9.17) is 9.73 Å². The summed E-state index contributed by atoms with van der Waals surface area (Å²) < 4.78 is 37.0. The Morgan fingerprint density at radius 3 is 1.47 bits per heavy atom. The fraction of sp³-hybridized carbons (Fsp3) is 0.0500. The van der Waals surface area contributed by atoms with E-state index in [1.54, 1.807) is 37.4 Å². The van der Waals surface area contributed by atoms with E-state index in [1.165, 1.54) is 0 Å². The largest absolute Gasteiger partial charge is 0.497 e. The Labute approximate surface area is 277 Å². The molecule has 0 aliphatic heterocycles. The highest BCUT2D eigenvalue weighted by molar-refractivity contribution is 7.97. The van der Waals surface area contributed by atoms with Gasteiger partial charge < -0.3 is 4.74 Å². The molecule has 0 unspecified atom stereocenters. The molecule has 0 atom stereocenters. The number of methoxy groups -OCH3 is 1. The van der Waals surface area contributed by atoms with E-state index in [-0.39, 0.29) is 17.3 Å². The molecule has 7 heteroatoms. The normalized spacial score (nSPS) is 11.9. The van der Waals surface area contributed by atoms with Crippen molar-refractivity contribution in [2.45, 2.75) is 11.4 Å². The van der Waals surface area contributed by atoms with Crippen molar-refractivity contribution in [2.24, 2.45) is 4.99 Å². The van der Waals surface area contributed by atoms with Crippen LogP contribution in [0, 0.1) is 0 Å². The van der Waals surface area contributed by atoms with Crippen LogP contribution in [0.3, 0.4) is 0 Å². The minimum absolute atomic E-state index is 0.157. The third-order valence-corrected chi connectivity index (χ3v) is 13.6. The molecule has 0 aliphatic rings. The van der Waals surface area contributed by atoms with Crippen LogP contribution < -0.4 is 25.4 Å². The predicted octanol–water partition coefficient (Wildman–Crippen LogP) is 6.79. The molecule has 47 heavy (non-hydrogen) atoms. The van der Waals surface area contributed by atoms with Gasteiger partial charge in [0.25, 0.3) is 10.0 Å². The Morgan fingerprint density at radius 2 is 1.02 bits per heavy atom. The molecular weight excluding hydrogens is 619 g/mol. The summed E-state index contributed by atoms with van der Waals surface area (Å²) in [5.74, 6) is 0.983. The van der Waals surface area contributed by atoms with Crippen LogP contribution in [0.2, 0.25) is 0 Å².